The van der Waals surface area contributed by atoms with Crippen molar-refractivity contribution in [1.29, 1.82) is 0 Å². The first kappa shape index (κ1) is 119. The Kier molecular flexibility index (Phi) is 46.0. The largest absolute Gasteiger partial charge is 0.494 e. The van der Waals surface area contributed by atoms with Gasteiger partial charge in [0.1, 0.15) is 28.9 Å². The molecular formula is C113H157F3N6O15. The molecule has 6 N–H and O–H groups in total. The number of hydroxylamine groups is 1. The standard InChI is InChI=1S/C23H31NO2.C20H31NO3.C17H25F2NO2.C17H19NO2.C15H21NO4.C11H15FO.C10H15NO/c1-22(2,3)19-14-12-17(13-15-19)16-24-20(18-10-8-7-9-11-18)21(25)26-23(4,5)6;1-13(2)16(18(23)24-20(6,7)8)21-17(22)14-9-11-15(12-10-14)19(3,4)5;1-16(2,3)12-8-7-11(14(18)15(12)19)9-20-10-13(21)22-17(4,5)6;1-17(2,3)14-11-9-13(10-12-14)16(19)18-20-15-7-5-4-6-8-15;1-15(2,3)11-7-5-10(6-8-11)13(18)16-12(9-17)14(19)20-4;1-11(2,3)8-5-6-10(13-4)9(12)7-8;1-10(2,3)8-5-6-9(12-4)11-7-8/h7-15,20,24H,16H2,1-6H3;9-13,16H,1-8H3,(H,21,22);7-8,20H,9-10H2,1-6H3;4-12H,1-3H3,(H,18,19);5-8,12,17H,9H2,1-4H3,(H,16,18);5-7H,1-4H3;5-7H,1-4H3. The van der Waals surface area contributed by atoms with Crippen LogP contribution in [-0.4, -0.2) is 115 Å². The molecule has 0 fully saturated rings. The summed E-state index contributed by atoms with van der Waals surface area (Å²) in [6.45, 7) is 64.1. The zero-order valence-electron chi connectivity index (χ0n) is 88.0. The Morgan fingerprint density at radius 2 is 0.810 bits per heavy atom. The lowest BCUT2D eigenvalue weighted by molar-refractivity contribution is -0.159. The number of esters is 4. The van der Waals surface area contributed by atoms with Crippen molar-refractivity contribution in [2.45, 2.75) is 307 Å². The van der Waals surface area contributed by atoms with Gasteiger partial charge in [0.05, 0.1) is 34.5 Å². The molecule has 3 atom stereocenters. The summed E-state index contributed by atoms with van der Waals surface area (Å²) in [7, 11) is 4.30. The highest BCUT2D eigenvalue weighted by molar-refractivity contribution is 5.98. The van der Waals surface area contributed by atoms with E-state index >= 15 is 0 Å². The fraction of sp³-hybridized carbons (Fsp3) is 0.469. The van der Waals surface area contributed by atoms with Gasteiger partial charge in [-0.2, -0.15) is 5.48 Å². The number of nitrogens with one attached hydrogen (secondary N) is 5. The maximum Gasteiger partial charge on any atom is 0.330 e. The summed E-state index contributed by atoms with van der Waals surface area (Å²) in [5.74, 6) is -3.19. The third kappa shape index (κ3) is 44.1. The fourth-order valence-electron chi connectivity index (χ4n) is 12.4. The van der Waals surface area contributed by atoms with Crippen LogP contribution in [-0.2, 0) is 89.1 Å². The Bertz CT molecular complexity index is 5230. The molecular weight excluding hydrogens is 1740 g/mol. The Morgan fingerprint density at radius 1 is 0.401 bits per heavy atom. The number of aliphatic hydroxyl groups is 1. The van der Waals surface area contributed by atoms with E-state index in [9.17, 15) is 46.7 Å². The highest BCUT2D eigenvalue weighted by Gasteiger charge is 2.32. The molecule has 0 saturated heterocycles. The van der Waals surface area contributed by atoms with Gasteiger partial charge in [0.25, 0.3) is 17.7 Å². The van der Waals surface area contributed by atoms with Crippen molar-refractivity contribution in [1.82, 2.24) is 31.7 Å². The van der Waals surface area contributed by atoms with E-state index in [1.165, 1.54) is 37.0 Å². The average Bonchev–Trinajstić information content (AvgIpc) is 0.802. The number of hydrogen-bond acceptors (Lipinski definition) is 18. The monoisotopic (exact) mass is 1900 g/mol. The van der Waals surface area contributed by atoms with Crippen molar-refractivity contribution < 1.29 is 85.1 Å². The molecule has 0 saturated carbocycles. The van der Waals surface area contributed by atoms with Gasteiger partial charge in [-0.05, 0) is 217 Å². The van der Waals surface area contributed by atoms with Crippen molar-refractivity contribution >= 4 is 41.6 Å². The van der Waals surface area contributed by atoms with E-state index in [0.29, 0.717) is 46.2 Å². The number of ether oxygens (including phenoxy) is 6. The molecule has 750 valence electrons. The number of rotatable bonds is 22. The third-order valence-electron chi connectivity index (χ3n) is 20.5. The lowest BCUT2D eigenvalue weighted by Crippen LogP contribution is -2.47. The van der Waals surface area contributed by atoms with E-state index < -0.39 is 82.4 Å². The summed E-state index contributed by atoms with van der Waals surface area (Å²) in [5, 5.41) is 20.4. The molecule has 0 aliphatic rings. The number of halogens is 3. The molecule has 0 bridgehead atoms. The summed E-state index contributed by atoms with van der Waals surface area (Å²) in [6, 6.07) is 59.5. The van der Waals surface area contributed by atoms with Gasteiger partial charge in [0, 0.05) is 47.6 Å². The Labute approximate surface area is 815 Å². The van der Waals surface area contributed by atoms with Gasteiger partial charge in [0.2, 0.25) is 5.88 Å². The van der Waals surface area contributed by atoms with Crippen molar-refractivity contribution in [3.63, 3.8) is 0 Å². The van der Waals surface area contributed by atoms with E-state index in [2.05, 4.69) is 165 Å². The van der Waals surface area contributed by atoms with Crippen LogP contribution in [0.3, 0.4) is 0 Å². The van der Waals surface area contributed by atoms with E-state index in [1.54, 1.807) is 82.5 Å². The molecule has 0 spiro atoms. The first-order valence-corrected chi connectivity index (χ1v) is 46.3. The van der Waals surface area contributed by atoms with Gasteiger partial charge < -0.3 is 54.3 Å². The maximum atomic E-state index is 14.1. The van der Waals surface area contributed by atoms with Crippen LogP contribution in [0.15, 0.2) is 206 Å². The molecule has 0 aliphatic carbocycles. The predicted octanol–water partition coefficient (Wildman–Crippen LogP) is 23.4. The van der Waals surface area contributed by atoms with Crippen LogP contribution >= 0.6 is 0 Å². The molecule has 1 heterocycles. The minimum absolute atomic E-state index is 0.00859. The highest BCUT2D eigenvalue weighted by Crippen LogP contribution is 2.32. The fourth-order valence-corrected chi connectivity index (χ4v) is 12.4. The molecule has 9 rings (SSSR count). The van der Waals surface area contributed by atoms with E-state index in [4.69, 9.17) is 33.6 Å². The topological polar surface area (TPSA) is 277 Å². The van der Waals surface area contributed by atoms with Crippen LogP contribution in [0.4, 0.5) is 13.2 Å². The first-order chi connectivity index (χ1) is 63.0. The molecule has 0 aliphatic heterocycles. The number of aliphatic hydroxyl groups excluding tert-OH is 1. The molecule has 0 radical (unpaired) electrons. The molecule has 3 amide bonds. The molecule has 24 heteroatoms. The second kappa shape index (κ2) is 52.7. The molecule has 3 unspecified atom stereocenters. The summed E-state index contributed by atoms with van der Waals surface area (Å²) in [5.41, 5.74) is 11.8. The van der Waals surface area contributed by atoms with Crippen LogP contribution in [0, 0.1) is 23.4 Å². The van der Waals surface area contributed by atoms with Gasteiger partial charge in [-0.3, -0.25) is 24.5 Å². The Morgan fingerprint density at radius 3 is 1.19 bits per heavy atom. The van der Waals surface area contributed by atoms with Crippen molar-refractivity contribution in [2.75, 3.05) is 34.5 Å². The van der Waals surface area contributed by atoms with Gasteiger partial charge in [0.15, 0.2) is 35.0 Å². The number of methoxy groups -OCH3 is 3. The van der Waals surface area contributed by atoms with E-state index in [0.717, 1.165) is 27.8 Å². The van der Waals surface area contributed by atoms with E-state index in [1.807, 2.05) is 218 Å². The Hall–Kier alpha value is -11.7. The second-order valence-electron chi connectivity index (χ2n) is 43.8. The second-order valence-corrected chi connectivity index (χ2v) is 43.8. The zero-order valence-corrected chi connectivity index (χ0v) is 88.0. The van der Waals surface area contributed by atoms with Gasteiger partial charge in [-0.15, -0.1) is 0 Å². The van der Waals surface area contributed by atoms with Crippen molar-refractivity contribution in [2.24, 2.45) is 5.92 Å². The normalized spacial score (nSPS) is 12.4. The van der Waals surface area contributed by atoms with Crippen molar-refractivity contribution in [3.8, 4) is 17.4 Å². The van der Waals surface area contributed by atoms with Crippen LogP contribution in [0.25, 0.3) is 0 Å². The SMILES string of the molecule is CC(C)(C)OC(=O)C(NCc1ccc(C(C)(C)C)cc1)c1ccccc1.CC(C)(C)OC(=O)CNCc1ccc(C(C)(C)C)c(F)c1F.CC(C)(C)c1ccc(C(=O)NOc2ccccc2)cc1.CC(C)C(NC(=O)c1ccc(C(C)(C)C)cc1)C(=O)OC(C)(C)C.COC(=O)C(CO)NC(=O)c1ccc(C(C)(C)C)cc1.COc1ccc(C(C)(C)C)cc1F.COc1ccc(C(C)(C)C)cn1. The summed E-state index contributed by atoms with van der Waals surface area (Å²) in [4.78, 5) is 93.6. The van der Waals surface area contributed by atoms with Crippen LogP contribution in [0.2, 0.25) is 0 Å². The summed E-state index contributed by atoms with van der Waals surface area (Å²) >= 11 is 0. The first-order valence-electron chi connectivity index (χ1n) is 46.3. The van der Waals surface area contributed by atoms with Crippen LogP contribution in [0.5, 0.6) is 17.4 Å². The number of nitrogens with zero attached hydrogens (tertiary/aromatic N) is 1. The smallest absolute Gasteiger partial charge is 0.330 e. The lowest BCUT2D eigenvalue weighted by atomic mass is 9.86. The molecule has 21 nitrogen and oxygen atoms in total. The summed E-state index contributed by atoms with van der Waals surface area (Å²) in [6.07, 6.45) is 1.86. The number of amides is 3. The van der Waals surface area contributed by atoms with Gasteiger partial charge >= 0.3 is 23.9 Å². The number of aromatic nitrogens is 1. The van der Waals surface area contributed by atoms with Gasteiger partial charge in [-0.1, -0.05) is 293 Å². The Balaban J connectivity index is 0.000000416. The minimum Gasteiger partial charge on any atom is -0.494 e. The molecule has 9 aromatic rings. The number of para-hydroxylation sites is 1. The predicted molar refractivity (Wildman–Crippen MR) is 543 cm³/mol. The summed E-state index contributed by atoms with van der Waals surface area (Å²) < 4.78 is 71.8. The average molecular weight is 1900 g/mol. The number of pyridine rings is 1. The maximum absolute atomic E-state index is 14.1. The van der Waals surface area contributed by atoms with Crippen molar-refractivity contribution in [3.05, 3.63) is 296 Å². The third-order valence-corrected chi connectivity index (χ3v) is 20.5. The quantitative estimate of drug-likeness (QED) is 0.0209. The zero-order chi connectivity index (χ0) is 104. The minimum atomic E-state index is -1.05. The highest BCUT2D eigenvalue weighted by atomic mass is 19.2. The number of hydrogen-bond donors (Lipinski definition) is 6. The lowest BCUT2D eigenvalue weighted by Gasteiger charge is -2.26. The molecule has 1 aromatic heterocycles. The molecule has 137 heavy (non-hydrogen) atoms. The number of benzene rings is 8. The number of carbonyl (C=O) groups excluding carboxylic acids is 7. The van der Waals surface area contributed by atoms with Crippen LogP contribution < -0.4 is 41.1 Å². The number of carbonyl (C=O) groups is 7. The van der Waals surface area contributed by atoms with Crippen LogP contribution in [0.1, 0.15) is 314 Å². The molecule has 8 aromatic carbocycles. The van der Waals surface area contributed by atoms with Gasteiger partial charge in [-0.25, -0.2) is 32.5 Å². The van der Waals surface area contributed by atoms with E-state index in [-0.39, 0.29) is 80.7 Å².